The molecule has 2 aliphatic rings. The zero-order chi connectivity index (χ0) is 10.7. The second kappa shape index (κ2) is 4.75. The van der Waals surface area contributed by atoms with Crippen molar-refractivity contribution in [2.24, 2.45) is 0 Å². The number of hydrogen-bond donors (Lipinski definition) is 1. The van der Waals surface area contributed by atoms with Gasteiger partial charge in [-0.25, -0.2) is 0 Å². The van der Waals surface area contributed by atoms with E-state index in [0.717, 1.165) is 19.4 Å². The van der Waals surface area contributed by atoms with Crippen molar-refractivity contribution in [1.29, 1.82) is 0 Å². The van der Waals surface area contributed by atoms with E-state index in [0.29, 0.717) is 25.4 Å². The Balaban J connectivity index is 1.90. The molecule has 0 spiro atoms. The number of rotatable bonds is 2. The lowest BCUT2D eigenvalue weighted by Crippen LogP contribution is -2.49. The van der Waals surface area contributed by atoms with Gasteiger partial charge in [-0.2, -0.15) is 0 Å². The third-order valence-electron chi connectivity index (χ3n) is 3.20. The Bertz CT molecular complexity index is 243. The van der Waals surface area contributed by atoms with Gasteiger partial charge in [0.05, 0.1) is 0 Å². The van der Waals surface area contributed by atoms with Crippen LogP contribution < -0.4 is 5.32 Å². The number of likely N-dealkylation sites (tertiary alicyclic amines) is 1. The first-order valence-corrected chi connectivity index (χ1v) is 5.84. The van der Waals surface area contributed by atoms with Gasteiger partial charge >= 0.3 is 0 Å². The molecule has 0 aliphatic carbocycles. The fraction of sp³-hybridized carbons (Fsp3) is 0.818. The molecule has 0 saturated carbocycles. The topological polar surface area (TPSA) is 49.4 Å². The minimum absolute atomic E-state index is 0.0126. The number of carbonyl (C=O) groups is 2. The van der Waals surface area contributed by atoms with E-state index in [9.17, 15) is 9.59 Å². The molecule has 1 unspecified atom stereocenters. The van der Waals surface area contributed by atoms with Gasteiger partial charge < -0.3 is 5.32 Å². The number of amides is 2. The van der Waals surface area contributed by atoms with Crippen LogP contribution in [0, 0.1) is 0 Å². The van der Waals surface area contributed by atoms with Crippen LogP contribution in [0.15, 0.2) is 0 Å². The van der Waals surface area contributed by atoms with Crippen molar-refractivity contribution in [3.63, 3.8) is 0 Å². The fourth-order valence-corrected chi connectivity index (χ4v) is 2.30. The average Bonchev–Trinajstić information content (AvgIpc) is 2.25. The van der Waals surface area contributed by atoms with Crippen LogP contribution in [0.2, 0.25) is 0 Å². The molecule has 2 amide bonds. The standard InChI is InChI=1S/C11H18N2O2/c14-10-5-3-6-11(15)13(10)8-9-4-1-2-7-12-9/h9,12H,1-8H2. The number of imide groups is 1. The van der Waals surface area contributed by atoms with Crippen molar-refractivity contribution in [3.05, 3.63) is 0 Å². The highest BCUT2D eigenvalue weighted by Gasteiger charge is 2.28. The second-order valence-corrected chi connectivity index (χ2v) is 4.40. The Morgan fingerprint density at radius 2 is 1.87 bits per heavy atom. The van der Waals surface area contributed by atoms with E-state index >= 15 is 0 Å². The highest BCUT2D eigenvalue weighted by atomic mass is 16.2. The Morgan fingerprint density at radius 1 is 1.13 bits per heavy atom. The summed E-state index contributed by atoms with van der Waals surface area (Å²) in [6.45, 7) is 1.60. The van der Waals surface area contributed by atoms with Gasteiger partial charge in [0.2, 0.25) is 11.8 Å². The van der Waals surface area contributed by atoms with Crippen LogP contribution in [0.25, 0.3) is 0 Å². The van der Waals surface area contributed by atoms with E-state index in [1.54, 1.807) is 0 Å². The number of hydrogen-bond acceptors (Lipinski definition) is 3. The molecule has 2 fully saturated rings. The van der Waals surface area contributed by atoms with E-state index in [-0.39, 0.29) is 11.8 Å². The van der Waals surface area contributed by atoms with Crippen molar-refractivity contribution in [3.8, 4) is 0 Å². The smallest absolute Gasteiger partial charge is 0.229 e. The predicted octanol–water partition coefficient (Wildman–Crippen LogP) is 0.668. The third kappa shape index (κ3) is 2.56. The minimum Gasteiger partial charge on any atom is -0.312 e. The summed E-state index contributed by atoms with van der Waals surface area (Å²) in [4.78, 5) is 24.6. The highest BCUT2D eigenvalue weighted by molar-refractivity contribution is 5.97. The van der Waals surface area contributed by atoms with Crippen molar-refractivity contribution >= 4 is 11.8 Å². The number of nitrogens with zero attached hydrogens (tertiary/aromatic N) is 1. The Kier molecular flexibility index (Phi) is 3.36. The Hall–Kier alpha value is -0.900. The van der Waals surface area contributed by atoms with Crippen LogP contribution >= 0.6 is 0 Å². The van der Waals surface area contributed by atoms with E-state index < -0.39 is 0 Å². The van der Waals surface area contributed by atoms with Gasteiger partial charge in [0, 0.05) is 25.4 Å². The van der Waals surface area contributed by atoms with Gasteiger partial charge in [-0.1, -0.05) is 6.42 Å². The number of piperidine rings is 2. The SMILES string of the molecule is O=C1CCCC(=O)N1CC1CCCCN1. The molecule has 15 heavy (non-hydrogen) atoms. The summed E-state index contributed by atoms with van der Waals surface area (Å²) in [5.74, 6) is 0.0252. The maximum atomic E-state index is 11.6. The first-order valence-electron chi connectivity index (χ1n) is 5.84. The molecule has 2 saturated heterocycles. The number of nitrogens with one attached hydrogen (secondary N) is 1. The monoisotopic (exact) mass is 210 g/mol. The lowest BCUT2D eigenvalue weighted by atomic mass is 10.0. The lowest BCUT2D eigenvalue weighted by Gasteiger charge is -2.31. The molecule has 0 bridgehead atoms. The predicted molar refractivity (Wildman–Crippen MR) is 56.2 cm³/mol. The normalized spacial score (nSPS) is 28.3. The van der Waals surface area contributed by atoms with Gasteiger partial charge in [0.1, 0.15) is 0 Å². The molecule has 0 aromatic carbocycles. The van der Waals surface area contributed by atoms with Gasteiger partial charge in [-0.05, 0) is 25.8 Å². The molecule has 2 rings (SSSR count). The molecule has 0 aromatic heterocycles. The molecule has 0 aromatic rings. The van der Waals surface area contributed by atoms with E-state index in [4.69, 9.17) is 0 Å². The summed E-state index contributed by atoms with van der Waals surface area (Å²) >= 11 is 0. The summed E-state index contributed by atoms with van der Waals surface area (Å²) in [5, 5.41) is 3.36. The largest absolute Gasteiger partial charge is 0.312 e. The molecule has 2 heterocycles. The molecule has 4 nitrogen and oxygen atoms in total. The van der Waals surface area contributed by atoms with E-state index in [2.05, 4.69) is 5.32 Å². The summed E-state index contributed by atoms with van der Waals surface area (Å²) in [5.41, 5.74) is 0. The third-order valence-corrected chi connectivity index (χ3v) is 3.20. The molecule has 0 radical (unpaired) electrons. The number of carbonyl (C=O) groups excluding carboxylic acids is 2. The molecule has 1 atom stereocenters. The fourth-order valence-electron chi connectivity index (χ4n) is 2.30. The lowest BCUT2D eigenvalue weighted by molar-refractivity contribution is -0.148. The van der Waals surface area contributed by atoms with Crippen molar-refractivity contribution in [2.45, 2.75) is 44.6 Å². The highest BCUT2D eigenvalue weighted by Crippen LogP contribution is 2.15. The van der Waals surface area contributed by atoms with Crippen LogP contribution in [-0.4, -0.2) is 35.8 Å². The maximum Gasteiger partial charge on any atom is 0.229 e. The average molecular weight is 210 g/mol. The van der Waals surface area contributed by atoms with Crippen LogP contribution in [0.1, 0.15) is 38.5 Å². The Labute approximate surface area is 90.0 Å². The molecular weight excluding hydrogens is 192 g/mol. The molecule has 2 aliphatic heterocycles. The summed E-state index contributed by atoms with van der Waals surface area (Å²) < 4.78 is 0. The summed E-state index contributed by atoms with van der Waals surface area (Å²) in [6.07, 6.45) is 5.30. The molecule has 4 heteroatoms. The van der Waals surface area contributed by atoms with Crippen molar-refractivity contribution in [2.75, 3.05) is 13.1 Å². The molecular formula is C11H18N2O2. The zero-order valence-electron chi connectivity index (χ0n) is 9.00. The Morgan fingerprint density at radius 3 is 2.47 bits per heavy atom. The van der Waals surface area contributed by atoms with Crippen LogP contribution in [0.3, 0.4) is 0 Å². The second-order valence-electron chi connectivity index (χ2n) is 4.40. The van der Waals surface area contributed by atoms with Crippen LogP contribution in [-0.2, 0) is 9.59 Å². The van der Waals surface area contributed by atoms with Crippen LogP contribution in [0.5, 0.6) is 0 Å². The van der Waals surface area contributed by atoms with E-state index in [1.807, 2.05) is 0 Å². The van der Waals surface area contributed by atoms with Crippen LogP contribution in [0.4, 0.5) is 0 Å². The molecule has 1 N–H and O–H groups in total. The zero-order valence-corrected chi connectivity index (χ0v) is 9.00. The van der Waals surface area contributed by atoms with Gasteiger partial charge in [0.25, 0.3) is 0 Å². The van der Waals surface area contributed by atoms with Gasteiger partial charge in [0.15, 0.2) is 0 Å². The molecule has 84 valence electrons. The van der Waals surface area contributed by atoms with Gasteiger partial charge in [-0.15, -0.1) is 0 Å². The van der Waals surface area contributed by atoms with Crippen molar-refractivity contribution in [1.82, 2.24) is 10.2 Å². The van der Waals surface area contributed by atoms with Crippen molar-refractivity contribution < 1.29 is 9.59 Å². The summed E-state index contributed by atoms with van der Waals surface area (Å²) in [7, 11) is 0. The first-order chi connectivity index (χ1) is 7.27. The quantitative estimate of drug-likeness (QED) is 0.681. The van der Waals surface area contributed by atoms with E-state index in [1.165, 1.54) is 17.7 Å². The first kappa shape index (κ1) is 10.6. The maximum absolute atomic E-state index is 11.6. The minimum atomic E-state index is 0.0126. The van der Waals surface area contributed by atoms with Gasteiger partial charge in [-0.3, -0.25) is 14.5 Å². The summed E-state index contributed by atoms with van der Waals surface area (Å²) in [6, 6.07) is 0.324.